The monoisotopic (exact) mass is 467 g/mol. The first kappa shape index (κ1) is 21.0. The summed E-state index contributed by atoms with van der Waals surface area (Å²) in [5.41, 5.74) is 0. The fraction of sp³-hybridized carbons (Fsp3) is 0.562. The highest BCUT2D eigenvalue weighted by Gasteiger charge is 2.16. The molecule has 1 aliphatic rings. The topological polar surface area (TPSA) is 64.1 Å². The number of ether oxygens (including phenoxy) is 3. The van der Waals surface area contributed by atoms with Crippen LogP contribution in [0.3, 0.4) is 0 Å². The summed E-state index contributed by atoms with van der Waals surface area (Å²) in [6.07, 6.45) is 2.11. The zero-order valence-electron chi connectivity index (χ0n) is 14.5. The molecule has 0 radical (unpaired) electrons. The first-order chi connectivity index (χ1) is 11.0. The molecule has 0 aliphatic carbocycles. The van der Waals surface area contributed by atoms with Crippen LogP contribution in [-0.4, -0.2) is 50.5 Å². The zero-order valence-corrected chi connectivity index (χ0v) is 17.7. The van der Waals surface area contributed by atoms with Crippen molar-refractivity contribution in [2.45, 2.75) is 18.6 Å². The molecule has 0 aromatic heterocycles. The summed E-state index contributed by atoms with van der Waals surface area (Å²) in [7, 11) is 1.76. The van der Waals surface area contributed by atoms with Gasteiger partial charge in [-0.25, -0.2) is 0 Å². The Labute approximate surface area is 165 Å². The third kappa shape index (κ3) is 6.46. The first-order valence-electron chi connectivity index (χ1n) is 7.56. The Hall–Kier alpha value is -1.03. The van der Waals surface area contributed by atoms with E-state index in [1.165, 1.54) is 0 Å². The van der Waals surface area contributed by atoms with Gasteiger partial charge in [0.25, 0.3) is 0 Å². The fourth-order valence-corrected chi connectivity index (χ4v) is 2.11. The molecule has 0 spiro atoms. The Morgan fingerprint density at radius 2 is 2.04 bits per heavy atom. The van der Waals surface area contributed by atoms with Crippen LogP contribution < -0.4 is 24.8 Å². The van der Waals surface area contributed by atoms with Gasteiger partial charge in [0.1, 0.15) is 12.4 Å². The number of fused-ring (bicyclic) bond motifs is 1. The highest BCUT2D eigenvalue weighted by atomic mass is 127. The van der Waals surface area contributed by atoms with E-state index < -0.39 is 0 Å². The molecule has 0 atom stereocenters. The van der Waals surface area contributed by atoms with Gasteiger partial charge >= 0.3 is 0 Å². The lowest BCUT2D eigenvalue weighted by molar-refractivity contribution is 0.173. The Morgan fingerprint density at radius 1 is 1.29 bits per heavy atom. The second-order valence-corrected chi connectivity index (χ2v) is 7.19. The van der Waals surface area contributed by atoms with Crippen LogP contribution >= 0.6 is 35.7 Å². The van der Waals surface area contributed by atoms with Crippen LogP contribution in [-0.2, 0) is 0 Å². The van der Waals surface area contributed by atoms with Gasteiger partial charge < -0.3 is 24.8 Å². The molecule has 2 N–H and O–H groups in total. The second kappa shape index (κ2) is 10.1. The summed E-state index contributed by atoms with van der Waals surface area (Å²) in [6, 6.07) is 5.58. The van der Waals surface area contributed by atoms with Gasteiger partial charge in [0.2, 0.25) is 6.79 Å². The Bertz CT molecular complexity index is 555. The molecule has 2 rings (SSSR count). The summed E-state index contributed by atoms with van der Waals surface area (Å²) in [5.74, 6) is 3.03. The van der Waals surface area contributed by atoms with Crippen molar-refractivity contribution >= 4 is 41.7 Å². The van der Waals surface area contributed by atoms with E-state index in [0.717, 1.165) is 29.8 Å². The van der Waals surface area contributed by atoms with E-state index >= 15 is 0 Å². The molecule has 0 unspecified atom stereocenters. The smallest absolute Gasteiger partial charge is 0.231 e. The van der Waals surface area contributed by atoms with Crippen molar-refractivity contribution in [3.8, 4) is 17.2 Å². The van der Waals surface area contributed by atoms with E-state index in [1.54, 1.807) is 7.05 Å². The maximum Gasteiger partial charge on any atom is 0.231 e. The SMILES string of the molecule is CN=C(NCCOc1ccc2c(c1)OCO2)NCC(C)(C)SC.I. The van der Waals surface area contributed by atoms with E-state index in [9.17, 15) is 0 Å². The number of nitrogens with one attached hydrogen (secondary N) is 2. The highest BCUT2D eigenvalue weighted by molar-refractivity contribution is 14.0. The summed E-state index contributed by atoms with van der Waals surface area (Å²) >= 11 is 1.82. The van der Waals surface area contributed by atoms with E-state index in [1.807, 2.05) is 30.0 Å². The lowest BCUT2D eigenvalue weighted by Crippen LogP contribution is -2.44. The van der Waals surface area contributed by atoms with Gasteiger partial charge in [-0.15, -0.1) is 24.0 Å². The minimum atomic E-state index is 0. The first-order valence-corrected chi connectivity index (χ1v) is 8.79. The Balaban J connectivity index is 0.00000288. The molecule has 6 nitrogen and oxygen atoms in total. The molecule has 0 saturated heterocycles. The van der Waals surface area contributed by atoms with Gasteiger partial charge in [-0.2, -0.15) is 11.8 Å². The normalized spacial score (nSPS) is 13.2. The van der Waals surface area contributed by atoms with Crippen LogP contribution in [0.2, 0.25) is 0 Å². The number of thioether (sulfide) groups is 1. The zero-order chi connectivity index (χ0) is 16.7. The molecule has 1 aromatic rings. The van der Waals surface area contributed by atoms with Crippen molar-refractivity contribution in [1.29, 1.82) is 0 Å². The maximum atomic E-state index is 5.71. The van der Waals surface area contributed by atoms with Crippen LogP contribution in [0.15, 0.2) is 23.2 Å². The number of hydrogen-bond acceptors (Lipinski definition) is 5. The molecule has 8 heteroatoms. The molecule has 24 heavy (non-hydrogen) atoms. The lowest BCUT2D eigenvalue weighted by Gasteiger charge is -2.23. The molecule has 0 saturated carbocycles. The number of aliphatic imine (C=N–C) groups is 1. The molecular formula is C16H26IN3O3S. The third-order valence-corrected chi connectivity index (χ3v) is 4.71. The average molecular weight is 467 g/mol. The van der Waals surface area contributed by atoms with Gasteiger partial charge in [-0.3, -0.25) is 4.99 Å². The van der Waals surface area contributed by atoms with Gasteiger partial charge in [0.05, 0.1) is 6.54 Å². The average Bonchev–Trinajstić information content (AvgIpc) is 3.02. The van der Waals surface area contributed by atoms with Gasteiger partial charge in [-0.05, 0) is 32.2 Å². The Morgan fingerprint density at radius 3 is 2.75 bits per heavy atom. The van der Waals surface area contributed by atoms with Crippen LogP contribution in [0.1, 0.15) is 13.8 Å². The van der Waals surface area contributed by atoms with E-state index in [-0.39, 0.29) is 35.5 Å². The predicted octanol–water partition coefficient (Wildman–Crippen LogP) is 2.72. The van der Waals surface area contributed by atoms with Crippen molar-refractivity contribution in [1.82, 2.24) is 10.6 Å². The largest absolute Gasteiger partial charge is 0.492 e. The number of guanidine groups is 1. The van der Waals surface area contributed by atoms with Gasteiger partial charge in [0.15, 0.2) is 17.5 Å². The van der Waals surface area contributed by atoms with E-state index in [0.29, 0.717) is 13.2 Å². The number of benzene rings is 1. The molecule has 0 bridgehead atoms. The molecule has 1 aliphatic heterocycles. The van der Waals surface area contributed by atoms with Crippen LogP contribution in [0.5, 0.6) is 17.2 Å². The minimum absolute atomic E-state index is 0. The van der Waals surface area contributed by atoms with Crippen LogP contribution in [0, 0.1) is 0 Å². The van der Waals surface area contributed by atoms with Crippen molar-refractivity contribution in [2.75, 3.05) is 39.8 Å². The van der Waals surface area contributed by atoms with Crippen molar-refractivity contribution < 1.29 is 14.2 Å². The summed E-state index contributed by atoms with van der Waals surface area (Å²) in [6.45, 7) is 6.70. The van der Waals surface area contributed by atoms with Crippen LogP contribution in [0.25, 0.3) is 0 Å². The van der Waals surface area contributed by atoms with E-state index in [2.05, 4.69) is 35.7 Å². The lowest BCUT2D eigenvalue weighted by atomic mass is 10.2. The van der Waals surface area contributed by atoms with Crippen molar-refractivity contribution in [2.24, 2.45) is 4.99 Å². The minimum Gasteiger partial charge on any atom is -0.492 e. The van der Waals surface area contributed by atoms with Crippen LogP contribution in [0.4, 0.5) is 0 Å². The predicted molar refractivity (Wildman–Crippen MR) is 110 cm³/mol. The standard InChI is InChI=1S/C16H25N3O3S.HI/c1-16(2,23-4)10-19-15(17-3)18-7-8-20-12-5-6-13-14(9-12)22-11-21-13;/h5-6,9H,7-8,10-11H2,1-4H3,(H2,17,18,19);1H. The van der Waals surface area contributed by atoms with Crippen molar-refractivity contribution in [3.63, 3.8) is 0 Å². The maximum absolute atomic E-state index is 5.71. The van der Waals surface area contributed by atoms with Crippen molar-refractivity contribution in [3.05, 3.63) is 18.2 Å². The number of halogens is 1. The molecule has 1 heterocycles. The number of nitrogens with zero attached hydrogens (tertiary/aromatic N) is 1. The van der Waals surface area contributed by atoms with Gasteiger partial charge in [-0.1, -0.05) is 0 Å². The second-order valence-electron chi connectivity index (χ2n) is 5.68. The molecule has 0 fully saturated rings. The number of rotatable bonds is 7. The molecule has 136 valence electrons. The summed E-state index contributed by atoms with van der Waals surface area (Å²) < 4.78 is 16.5. The molecule has 1 aromatic carbocycles. The highest BCUT2D eigenvalue weighted by Crippen LogP contribution is 2.34. The van der Waals surface area contributed by atoms with Gasteiger partial charge in [0, 0.05) is 24.4 Å². The summed E-state index contributed by atoms with van der Waals surface area (Å²) in [5, 5.41) is 6.56. The fourth-order valence-electron chi connectivity index (χ4n) is 1.89. The summed E-state index contributed by atoms with van der Waals surface area (Å²) in [4.78, 5) is 4.21. The molecule has 0 amide bonds. The Kier molecular flexibility index (Phi) is 8.82. The van der Waals surface area contributed by atoms with E-state index in [4.69, 9.17) is 14.2 Å². The number of hydrogen-bond donors (Lipinski definition) is 2. The third-order valence-electron chi connectivity index (χ3n) is 3.47. The molecular weight excluding hydrogens is 441 g/mol. The quantitative estimate of drug-likeness (QED) is 0.278.